The molecule has 1 aliphatic heterocycles. The molecule has 1 saturated heterocycles. The van der Waals surface area contributed by atoms with Gasteiger partial charge in [0.1, 0.15) is 0 Å². The van der Waals surface area contributed by atoms with E-state index in [1.165, 1.54) is 19.3 Å². The third kappa shape index (κ3) is 3.17. The molecule has 0 bridgehead atoms. The van der Waals surface area contributed by atoms with Crippen molar-refractivity contribution in [1.82, 2.24) is 9.80 Å². The number of amides is 2. The molecule has 0 aromatic heterocycles. The fraction of sp³-hybridized carbons (Fsp3) is 0.600. The molecule has 1 aromatic carbocycles. The molecule has 1 heterocycles. The van der Waals surface area contributed by atoms with E-state index in [-0.39, 0.29) is 17.7 Å². The lowest BCUT2D eigenvalue weighted by atomic mass is 9.90. The van der Waals surface area contributed by atoms with Crippen LogP contribution in [0.25, 0.3) is 0 Å². The highest BCUT2D eigenvalue weighted by Gasteiger charge is 2.47. The number of nitrogens with two attached hydrogens (primary N) is 1. The van der Waals surface area contributed by atoms with Crippen molar-refractivity contribution in [2.75, 3.05) is 19.6 Å². The second kappa shape index (κ2) is 6.45. The largest absolute Gasteiger partial charge is 0.366 e. The van der Waals surface area contributed by atoms with Gasteiger partial charge in [-0.2, -0.15) is 0 Å². The zero-order chi connectivity index (χ0) is 17.6. The zero-order valence-corrected chi connectivity index (χ0v) is 14.9. The lowest BCUT2D eigenvalue weighted by Gasteiger charge is -2.46. The van der Waals surface area contributed by atoms with Crippen molar-refractivity contribution in [2.45, 2.75) is 50.6 Å². The molecule has 5 nitrogen and oxygen atoms in total. The number of carbonyl (C=O) groups excluding carboxylic acids is 2. The summed E-state index contributed by atoms with van der Waals surface area (Å²) in [6.07, 6.45) is 4.88. The average Bonchev–Trinajstić information content (AvgIpc) is 3.33. The number of nitrogens with zero attached hydrogens (tertiary/aromatic N) is 2. The summed E-state index contributed by atoms with van der Waals surface area (Å²) in [5.41, 5.74) is 6.96. The maximum absolute atomic E-state index is 12.9. The molecule has 3 fully saturated rings. The van der Waals surface area contributed by atoms with Crippen LogP contribution in [0.5, 0.6) is 0 Å². The normalized spacial score (nSPS) is 30.0. The molecule has 4 rings (SSSR count). The van der Waals surface area contributed by atoms with Crippen LogP contribution >= 0.6 is 0 Å². The van der Waals surface area contributed by atoms with Gasteiger partial charge in [0.15, 0.2) is 0 Å². The predicted molar refractivity (Wildman–Crippen MR) is 96.2 cm³/mol. The molecule has 0 radical (unpaired) electrons. The summed E-state index contributed by atoms with van der Waals surface area (Å²) < 4.78 is 0. The fourth-order valence-corrected chi connectivity index (χ4v) is 4.37. The maximum Gasteiger partial charge on any atom is 0.248 e. The van der Waals surface area contributed by atoms with Gasteiger partial charge in [0.25, 0.3) is 0 Å². The van der Waals surface area contributed by atoms with Crippen molar-refractivity contribution < 1.29 is 9.59 Å². The van der Waals surface area contributed by atoms with Crippen LogP contribution in [0.1, 0.15) is 54.4 Å². The lowest BCUT2D eigenvalue weighted by Crippen LogP contribution is -2.58. The molecule has 2 saturated carbocycles. The minimum atomic E-state index is -0.411. The van der Waals surface area contributed by atoms with Crippen LogP contribution in [0.4, 0.5) is 0 Å². The molecule has 2 aliphatic carbocycles. The molecule has 2 N–H and O–H groups in total. The number of hydrogen-bond donors (Lipinski definition) is 1. The molecule has 2 amide bonds. The number of primary amides is 1. The van der Waals surface area contributed by atoms with Crippen molar-refractivity contribution in [2.24, 2.45) is 11.7 Å². The van der Waals surface area contributed by atoms with E-state index in [0.717, 1.165) is 37.7 Å². The van der Waals surface area contributed by atoms with Crippen LogP contribution in [0.3, 0.4) is 0 Å². The van der Waals surface area contributed by atoms with E-state index in [1.54, 1.807) is 6.07 Å². The Hall–Kier alpha value is -1.88. The van der Waals surface area contributed by atoms with Gasteiger partial charge in [0, 0.05) is 43.2 Å². The summed E-state index contributed by atoms with van der Waals surface area (Å²) in [6.45, 7) is 5.04. The van der Waals surface area contributed by atoms with Crippen LogP contribution in [-0.4, -0.2) is 53.3 Å². The van der Waals surface area contributed by atoms with Gasteiger partial charge in [-0.1, -0.05) is 18.6 Å². The van der Waals surface area contributed by atoms with Crippen molar-refractivity contribution in [1.29, 1.82) is 0 Å². The summed E-state index contributed by atoms with van der Waals surface area (Å²) in [6, 6.07) is 8.48. The second-order valence-corrected chi connectivity index (χ2v) is 7.90. The second-order valence-electron chi connectivity index (χ2n) is 7.90. The van der Waals surface area contributed by atoms with Crippen LogP contribution in [-0.2, 0) is 4.79 Å². The Morgan fingerprint density at radius 3 is 2.64 bits per heavy atom. The van der Waals surface area contributed by atoms with E-state index in [9.17, 15) is 9.59 Å². The number of rotatable bonds is 4. The number of piperazine rings is 1. The van der Waals surface area contributed by atoms with Crippen molar-refractivity contribution in [3.05, 3.63) is 35.4 Å². The Kier molecular flexibility index (Phi) is 4.28. The Balaban J connectivity index is 1.38. The molecule has 25 heavy (non-hydrogen) atoms. The third-order valence-corrected chi connectivity index (χ3v) is 6.24. The van der Waals surface area contributed by atoms with E-state index in [0.29, 0.717) is 11.6 Å². The zero-order valence-electron chi connectivity index (χ0n) is 14.9. The van der Waals surface area contributed by atoms with Crippen LogP contribution in [0.2, 0.25) is 0 Å². The van der Waals surface area contributed by atoms with Gasteiger partial charge in [-0.15, -0.1) is 0 Å². The van der Waals surface area contributed by atoms with E-state index < -0.39 is 5.91 Å². The van der Waals surface area contributed by atoms with E-state index in [2.05, 4.69) is 16.7 Å². The fourth-order valence-electron chi connectivity index (χ4n) is 4.37. The van der Waals surface area contributed by atoms with Crippen molar-refractivity contribution >= 4 is 11.8 Å². The van der Waals surface area contributed by atoms with Crippen LogP contribution < -0.4 is 5.73 Å². The Labute approximate surface area is 149 Å². The SMILES string of the molecule is C[C@@H]1CN(C2CCC2)CCN1C(=O)[C@H]1C[C@@H]1c1cccc(C(N)=O)c1. The highest BCUT2D eigenvalue weighted by atomic mass is 16.2. The molecule has 3 aliphatic rings. The highest BCUT2D eigenvalue weighted by Crippen LogP contribution is 2.49. The molecule has 3 atom stereocenters. The van der Waals surface area contributed by atoms with Gasteiger partial charge < -0.3 is 10.6 Å². The summed E-state index contributed by atoms with van der Waals surface area (Å²) in [5, 5.41) is 0. The molecule has 134 valence electrons. The maximum atomic E-state index is 12.9. The molecular formula is C20H27N3O2. The third-order valence-electron chi connectivity index (χ3n) is 6.24. The van der Waals surface area contributed by atoms with Crippen molar-refractivity contribution in [3.63, 3.8) is 0 Å². The molecule has 0 spiro atoms. The highest BCUT2D eigenvalue weighted by molar-refractivity contribution is 5.93. The Morgan fingerprint density at radius 1 is 1.20 bits per heavy atom. The van der Waals surface area contributed by atoms with Gasteiger partial charge in [0.05, 0.1) is 0 Å². The van der Waals surface area contributed by atoms with Gasteiger partial charge in [0.2, 0.25) is 11.8 Å². The average molecular weight is 341 g/mol. The predicted octanol–water partition coefficient (Wildman–Crippen LogP) is 1.97. The number of carbonyl (C=O) groups is 2. The molecule has 5 heteroatoms. The van der Waals surface area contributed by atoms with Gasteiger partial charge in [-0.25, -0.2) is 0 Å². The van der Waals surface area contributed by atoms with E-state index in [4.69, 9.17) is 5.73 Å². The first-order valence-corrected chi connectivity index (χ1v) is 9.49. The van der Waals surface area contributed by atoms with Gasteiger partial charge in [-0.05, 0) is 49.8 Å². The first kappa shape index (κ1) is 16.6. The minimum absolute atomic E-state index is 0.0702. The quantitative estimate of drug-likeness (QED) is 0.910. The lowest BCUT2D eigenvalue weighted by molar-refractivity contribution is -0.138. The number of hydrogen-bond acceptors (Lipinski definition) is 3. The summed E-state index contributed by atoms with van der Waals surface area (Å²) >= 11 is 0. The number of benzene rings is 1. The minimum Gasteiger partial charge on any atom is -0.366 e. The Morgan fingerprint density at radius 2 is 2.00 bits per heavy atom. The molecule has 0 unspecified atom stereocenters. The Bertz CT molecular complexity index is 685. The van der Waals surface area contributed by atoms with E-state index >= 15 is 0 Å². The van der Waals surface area contributed by atoms with Crippen LogP contribution in [0, 0.1) is 5.92 Å². The van der Waals surface area contributed by atoms with Crippen molar-refractivity contribution in [3.8, 4) is 0 Å². The van der Waals surface area contributed by atoms with Gasteiger partial charge >= 0.3 is 0 Å². The first-order valence-electron chi connectivity index (χ1n) is 9.49. The smallest absolute Gasteiger partial charge is 0.248 e. The topological polar surface area (TPSA) is 66.6 Å². The molecule has 1 aromatic rings. The summed E-state index contributed by atoms with van der Waals surface area (Å²) in [4.78, 5) is 29.0. The first-order chi connectivity index (χ1) is 12.0. The van der Waals surface area contributed by atoms with Crippen LogP contribution in [0.15, 0.2) is 24.3 Å². The van der Waals surface area contributed by atoms with E-state index in [1.807, 2.05) is 18.2 Å². The monoisotopic (exact) mass is 341 g/mol. The van der Waals surface area contributed by atoms with Gasteiger partial charge in [-0.3, -0.25) is 14.5 Å². The summed E-state index contributed by atoms with van der Waals surface area (Å²) in [5.74, 6) is 0.186. The standard InChI is InChI=1S/C20H27N3O2/c1-13-12-22(16-6-3-7-16)8-9-23(13)20(25)18-11-17(18)14-4-2-5-15(10-14)19(21)24/h2,4-5,10,13,16-18H,3,6-9,11-12H2,1H3,(H2,21,24)/t13-,17-,18+/m1/s1. The summed E-state index contributed by atoms with van der Waals surface area (Å²) in [7, 11) is 0. The molecular weight excluding hydrogens is 314 g/mol.